The van der Waals surface area contributed by atoms with Crippen molar-refractivity contribution in [1.29, 1.82) is 0 Å². The van der Waals surface area contributed by atoms with E-state index in [9.17, 15) is 4.79 Å². The molecule has 6 heteroatoms. The lowest BCUT2D eigenvalue weighted by Crippen LogP contribution is -2.54. The van der Waals surface area contributed by atoms with Crippen LogP contribution in [0.1, 0.15) is 33.6 Å². The zero-order valence-electron chi connectivity index (χ0n) is 11.3. The van der Waals surface area contributed by atoms with Gasteiger partial charge in [-0.15, -0.1) is 0 Å². The second kappa shape index (κ2) is 6.36. The molecule has 6 nitrogen and oxygen atoms in total. The molecule has 1 aliphatic rings. The highest BCUT2D eigenvalue weighted by atomic mass is 16.6. The van der Waals surface area contributed by atoms with E-state index in [0.29, 0.717) is 6.54 Å². The molecule has 0 radical (unpaired) electrons. The first-order valence-electron chi connectivity index (χ1n) is 6.32. The van der Waals surface area contributed by atoms with Gasteiger partial charge in [0.1, 0.15) is 5.60 Å². The van der Waals surface area contributed by atoms with Gasteiger partial charge in [-0.05, 0) is 33.6 Å². The third-order valence-electron chi connectivity index (χ3n) is 2.71. The first kappa shape index (κ1) is 15.2. The molecule has 18 heavy (non-hydrogen) atoms. The fourth-order valence-electron chi connectivity index (χ4n) is 1.74. The molecular formula is C12H24N2O4. The average Bonchev–Trinajstić information content (AvgIpc) is 2.17. The van der Waals surface area contributed by atoms with Crippen LogP contribution in [0.3, 0.4) is 0 Å². The van der Waals surface area contributed by atoms with Crippen molar-refractivity contribution in [3.63, 3.8) is 0 Å². The lowest BCUT2D eigenvalue weighted by Gasteiger charge is -2.37. The topological polar surface area (TPSA) is 90.8 Å². The monoisotopic (exact) mass is 260 g/mol. The third-order valence-corrected chi connectivity index (χ3v) is 2.71. The van der Waals surface area contributed by atoms with E-state index in [1.54, 1.807) is 0 Å². The number of aliphatic hydroxyl groups excluding tert-OH is 2. The summed E-state index contributed by atoms with van der Waals surface area (Å²) in [7, 11) is 0. The lowest BCUT2D eigenvalue weighted by atomic mass is 9.87. The highest BCUT2D eigenvalue weighted by Crippen LogP contribution is 2.20. The molecule has 1 amide bonds. The van der Waals surface area contributed by atoms with Gasteiger partial charge < -0.3 is 25.6 Å². The number of carbonyl (C=O) groups is 1. The molecule has 0 aromatic heterocycles. The molecular weight excluding hydrogens is 236 g/mol. The van der Waals surface area contributed by atoms with Crippen molar-refractivity contribution >= 4 is 6.09 Å². The van der Waals surface area contributed by atoms with Crippen LogP contribution in [0.25, 0.3) is 0 Å². The number of alkyl carbamates (subject to hydrolysis) is 1. The van der Waals surface area contributed by atoms with Crippen molar-refractivity contribution in [1.82, 2.24) is 10.6 Å². The third kappa shape index (κ3) is 5.66. The van der Waals surface area contributed by atoms with Gasteiger partial charge in [0.2, 0.25) is 0 Å². The number of hydrogen-bond donors (Lipinski definition) is 4. The van der Waals surface area contributed by atoms with Crippen molar-refractivity contribution < 1.29 is 19.7 Å². The first-order chi connectivity index (χ1) is 8.30. The van der Waals surface area contributed by atoms with Gasteiger partial charge in [-0.3, -0.25) is 0 Å². The van der Waals surface area contributed by atoms with Crippen molar-refractivity contribution in [2.45, 2.75) is 57.4 Å². The van der Waals surface area contributed by atoms with Gasteiger partial charge >= 0.3 is 6.09 Å². The van der Waals surface area contributed by atoms with E-state index >= 15 is 0 Å². The normalized spacial score (nSPS) is 25.2. The van der Waals surface area contributed by atoms with Crippen LogP contribution in [0.5, 0.6) is 0 Å². The molecule has 0 heterocycles. The maximum atomic E-state index is 11.5. The van der Waals surface area contributed by atoms with E-state index in [1.165, 1.54) is 0 Å². The number of ether oxygens (including phenoxy) is 1. The Bertz CT molecular complexity index is 272. The molecule has 1 aliphatic carbocycles. The van der Waals surface area contributed by atoms with E-state index in [0.717, 1.165) is 12.8 Å². The van der Waals surface area contributed by atoms with Crippen LogP contribution >= 0.6 is 0 Å². The number of amides is 1. The Morgan fingerprint density at radius 1 is 1.39 bits per heavy atom. The standard InChI is InChI=1S/C12H24N2O4/c1-12(2,3)18-11(17)14-9-4-8(5-9)13-6-10(16)7-15/h8-10,13,15-16H,4-7H2,1-3H3,(H,14,17). The summed E-state index contributed by atoms with van der Waals surface area (Å²) in [5.41, 5.74) is -0.475. The zero-order chi connectivity index (χ0) is 13.8. The van der Waals surface area contributed by atoms with Gasteiger partial charge in [0.25, 0.3) is 0 Å². The summed E-state index contributed by atoms with van der Waals surface area (Å²) in [6, 6.07) is 0.412. The summed E-state index contributed by atoms with van der Waals surface area (Å²) in [6.45, 7) is 5.62. The number of rotatable bonds is 5. The molecule has 1 rings (SSSR count). The Balaban J connectivity index is 2.10. The number of nitrogens with one attached hydrogen (secondary N) is 2. The van der Waals surface area contributed by atoms with Gasteiger partial charge in [-0.1, -0.05) is 0 Å². The van der Waals surface area contributed by atoms with Crippen LogP contribution in [0.15, 0.2) is 0 Å². The number of carbonyl (C=O) groups excluding carboxylic acids is 1. The van der Waals surface area contributed by atoms with Crippen LogP contribution in [-0.4, -0.2) is 53.2 Å². The molecule has 0 aromatic carbocycles. The van der Waals surface area contributed by atoms with Gasteiger partial charge in [0.05, 0.1) is 12.7 Å². The van der Waals surface area contributed by atoms with Crippen molar-refractivity contribution in [3.8, 4) is 0 Å². The molecule has 0 saturated heterocycles. The molecule has 0 aromatic rings. The van der Waals surface area contributed by atoms with Gasteiger partial charge in [0.15, 0.2) is 0 Å². The van der Waals surface area contributed by atoms with Gasteiger partial charge in [-0.2, -0.15) is 0 Å². The average molecular weight is 260 g/mol. The van der Waals surface area contributed by atoms with E-state index in [1.807, 2.05) is 20.8 Å². The van der Waals surface area contributed by atoms with Crippen molar-refractivity contribution in [3.05, 3.63) is 0 Å². The molecule has 0 bridgehead atoms. The number of hydrogen-bond acceptors (Lipinski definition) is 5. The Morgan fingerprint density at radius 3 is 2.50 bits per heavy atom. The second-order valence-corrected chi connectivity index (χ2v) is 5.76. The Labute approximate surface area is 108 Å². The SMILES string of the molecule is CC(C)(C)OC(=O)NC1CC(NCC(O)CO)C1. The quantitative estimate of drug-likeness (QED) is 0.558. The van der Waals surface area contributed by atoms with Crippen LogP contribution in [0, 0.1) is 0 Å². The highest BCUT2D eigenvalue weighted by molar-refractivity contribution is 5.68. The molecule has 1 atom stereocenters. The molecule has 106 valence electrons. The van der Waals surface area contributed by atoms with Crippen molar-refractivity contribution in [2.24, 2.45) is 0 Å². The minimum absolute atomic E-state index is 0.128. The second-order valence-electron chi connectivity index (χ2n) is 5.76. The summed E-state index contributed by atoms with van der Waals surface area (Å²) in [5.74, 6) is 0. The molecule has 1 fully saturated rings. The lowest BCUT2D eigenvalue weighted by molar-refractivity contribution is 0.0454. The Hall–Kier alpha value is -0.850. The van der Waals surface area contributed by atoms with E-state index in [2.05, 4.69) is 10.6 Å². The highest BCUT2D eigenvalue weighted by Gasteiger charge is 2.31. The molecule has 1 unspecified atom stereocenters. The van der Waals surface area contributed by atoms with Gasteiger partial charge in [0, 0.05) is 18.6 Å². The smallest absolute Gasteiger partial charge is 0.407 e. The summed E-state index contributed by atoms with van der Waals surface area (Å²) in [5, 5.41) is 23.7. The van der Waals surface area contributed by atoms with Crippen LogP contribution in [0.2, 0.25) is 0 Å². The van der Waals surface area contributed by atoms with Crippen LogP contribution in [0.4, 0.5) is 4.79 Å². The van der Waals surface area contributed by atoms with Crippen molar-refractivity contribution in [2.75, 3.05) is 13.2 Å². The molecule has 4 N–H and O–H groups in total. The fraction of sp³-hybridized carbons (Fsp3) is 0.917. The number of aliphatic hydroxyl groups is 2. The Morgan fingerprint density at radius 2 is 2.00 bits per heavy atom. The molecule has 0 spiro atoms. The minimum atomic E-state index is -0.720. The molecule has 0 aliphatic heterocycles. The first-order valence-corrected chi connectivity index (χ1v) is 6.32. The zero-order valence-corrected chi connectivity index (χ0v) is 11.3. The maximum absolute atomic E-state index is 11.5. The summed E-state index contributed by atoms with van der Waals surface area (Å²) < 4.78 is 5.15. The van der Waals surface area contributed by atoms with Crippen LogP contribution in [-0.2, 0) is 4.74 Å². The maximum Gasteiger partial charge on any atom is 0.407 e. The largest absolute Gasteiger partial charge is 0.444 e. The summed E-state index contributed by atoms with van der Waals surface area (Å²) in [6.07, 6.45) is 0.526. The fourth-order valence-corrected chi connectivity index (χ4v) is 1.74. The summed E-state index contributed by atoms with van der Waals surface area (Å²) in [4.78, 5) is 11.5. The molecule has 1 saturated carbocycles. The van der Waals surface area contributed by atoms with E-state index < -0.39 is 11.7 Å². The summed E-state index contributed by atoms with van der Waals surface area (Å²) >= 11 is 0. The van der Waals surface area contributed by atoms with Gasteiger partial charge in [-0.25, -0.2) is 4.79 Å². The van der Waals surface area contributed by atoms with E-state index in [-0.39, 0.29) is 24.8 Å². The minimum Gasteiger partial charge on any atom is -0.444 e. The Kier molecular flexibility index (Phi) is 5.37. The van der Waals surface area contributed by atoms with Crippen LogP contribution < -0.4 is 10.6 Å². The predicted octanol–water partition coefficient (Wildman–Crippen LogP) is -0.0151. The predicted molar refractivity (Wildman–Crippen MR) is 67.3 cm³/mol. The van der Waals surface area contributed by atoms with E-state index in [4.69, 9.17) is 14.9 Å².